The molecule has 2 aliphatic carbocycles. The van der Waals surface area contributed by atoms with Gasteiger partial charge in [0, 0.05) is 54.9 Å². The van der Waals surface area contributed by atoms with Crippen LogP contribution in [0.2, 0.25) is 0 Å². The second-order valence-corrected chi connectivity index (χ2v) is 11.3. The zero-order valence-corrected chi connectivity index (χ0v) is 22.3. The van der Waals surface area contributed by atoms with Crippen LogP contribution in [0.15, 0.2) is 73.1 Å². The molecular formula is C32H18F6N2S. The van der Waals surface area contributed by atoms with Crippen molar-refractivity contribution in [2.24, 2.45) is 0 Å². The minimum absolute atomic E-state index is 0.406. The lowest BCUT2D eigenvalue weighted by atomic mass is 9.96. The number of nitrogens with zero attached hydrogens (tertiary/aromatic N) is 2. The second kappa shape index (κ2) is 8.63. The van der Waals surface area contributed by atoms with Gasteiger partial charge in [0.1, 0.15) is 0 Å². The fourth-order valence-electron chi connectivity index (χ4n) is 5.85. The number of pyridine rings is 2. The molecule has 2 nitrogen and oxygen atoms in total. The normalized spacial score (nSPS) is 13.8. The Hall–Kier alpha value is -4.24. The molecule has 2 aliphatic rings. The van der Waals surface area contributed by atoms with Crippen LogP contribution >= 0.6 is 11.3 Å². The lowest BCUT2D eigenvalue weighted by Gasteiger charge is -2.13. The quantitative estimate of drug-likeness (QED) is 0.198. The van der Waals surface area contributed by atoms with Gasteiger partial charge in [-0.3, -0.25) is 9.97 Å². The number of aryl methyl sites for hydroxylation is 2. The molecular weight excluding hydrogens is 558 g/mol. The minimum Gasteiger partial charge on any atom is -0.256 e. The molecule has 0 amide bonds. The van der Waals surface area contributed by atoms with Crippen LogP contribution in [0.25, 0.3) is 33.7 Å². The summed E-state index contributed by atoms with van der Waals surface area (Å²) in [6.45, 7) is 3.24. The summed E-state index contributed by atoms with van der Waals surface area (Å²) in [5.74, 6) is 0. The smallest absolute Gasteiger partial charge is 0.256 e. The Morgan fingerprint density at radius 3 is 1.39 bits per heavy atom. The highest BCUT2D eigenvalue weighted by Crippen LogP contribution is 2.45. The first-order valence-electron chi connectivity index (χ1n) is 12.6. The van der Waals surface area contributed by atoms with Gasteiger partial charge in [0.05, 0.1) is 22.5 Å². The third-order valence-corrected chi connectivity index (χ3v) is 8.60. The van der Waals surface area contributed by atoms with E-state index in [4.69, 9.17) is 0 Å². The molecule has 3 heterocycles. The van der Waals surface area contributed by atoms with E-state index in [2.05, 4.69) is 9.97 Å². The Kier molecular flexibility index (Phi) is 5.41. The SMILES string of the molecule is Cc1cc(C2=c3sc4c(c3-c3ncccc32)-c2ncccc2C=4c2cc(C)cc(C(F)(F)F)c2)cc(C(F)(F)F)c1. The number of benzene rings is 2. The summed E-state index contributed by atoms with van der Waals surface area (Å²) in [5.41, 5.74) is 5.59. The maximum Gasteiger partial charge on any atom is 0.416 e. The topological polar surface area (TPSA) is 25.8 Å². The van der Waals surface area contributed by atoms with Crippen molar-refractivity contribution < 1.29 is 26.3 Å². The molecule has 0 fully saturated rings. The van der Waals surface area contributed by atoms with Crippen molar-refractivity contribution >= 4 is 22.5 Å². The number of alkyl halides is 6. The summed E-state index contributed by atoms with van der Waals surface area (Å²) < 4.78 is 84.3. The zero-order chi connectivity index (χ0) is 28.8. The molecule has 0 aliphatic heterocycles. The number of hydrogen-bond acceptors (Lipinski definition) is 3. The predicted octanol–water partition coefficient (Wildman–Crippen LogP) is 7.65. The highest BCUT2D eigenvalue weighted by molar-refractivity contribution is 7.09. The van der Waals surface area contributed by atoms with Gasteiger partial charge >= 0.3 is 12.4 Å². The second-order valence-electron chi connectivity index (χ2n) is 10.2. The number of fused-ring (bicyclic) bond motifs is 7. The van der Waals surface area contributed by atoms with Crippen LogP contribution in [0, 0.1) is 13.8 Å². The summed E-state index contributed by atoms with van der Waals surface area (Å²) in [4.78, 5) is 9.26. The lowest BCUT2D eigenvalue weighted by molar-refractivity contribution is -0.138. The van der Waals surface area contributed by atoms with Crippen molar-refractivity contribution in [3.63, 3.8) is 0 Å². The van der Waals surface area contributed by atoms with Crippen molar-refractivity contribution in [2.45, 2.75) is 26.2 Å². The van der Waals surface area contributed by atoms with Crippen LogP contribution in [-0.2, 0) is 12.4 Å². The molecule has 0 saturated carbocycles. The van der Waals surface area contributed by atoms with Crippen molar-refractivity contribution in [1.82, 2.24) is 9.97 Å². The first kappa shape index (κ1) is 25.7. The lowest BCUT2D eigenvalue weighted by Crippen LogP contribution is -2.09. The molecule has 41 heavy (non-hydrogen) atoms. The van der Waals surface area contributed by atoms with E-state index >= 15 is 0 Å². The number of halogens is 6. The van der Waals surface area contributed by atoms with Crippen molar-refractivity contribution in [1.29, 1.82) is 0 Å². The number of rotatable bonds is 2. The highest BCUT2D eigenvalue weighted by Gasteiger charge is 2.37. The van der Waals surface area contributed by atoms with Gasteiger partial charge in [-0.05, 0) is 72.5 Å². The minimum atomic E-state index is -4.52. The number of thiophene rings is 1. The van der Waals surface area contributed by atoms with Gasteiger partial charge in [0.15, 0.2) is 0 Å². The van der Waals surface area contributed by atoms with Crippen LogP contribution < -0.4 is 9.06 Å². The van der Waals surface area contributed by atoms with E-state index in [0.717, 1.165) is 44.5 Å². The van der Waals surface area contributed by atoms with E-state index in [9.17, 15) is 26.3 Å². The molecule has 0 bridgehead atoms. The number of aromatic nitrogens is 2. The highest BCUT2D eigenvalue weighted by atomic mass is 32.1. The molecule has 0 atom stereocenters. The molecule has 0 spiro atoms. The summed E-state index contributed by atoms with van der Waals surface area (Å²) in [6, 6.07) is 15.1. The van der Waals surface area contributed by atoms with Crippen LogP contribution in [0.5, 0.6) is 0 Å². The van der Waals surface area contributed by atoms with Gasteiger partial charge in [0.25, 0.3) is 0 Å². The summed E-state index contributed by atoms with van der Waals surface area (Å²) >= 11 is 1.35. The van der Waals surface area contributed by atoms with Gasteiger partial charge < -0.3 is 0 Å². The van der Waals surface area contributed by atoms with Crippen molar-refractivity contribution in [3.05, 3.63) is 127 Å². The maximum atomic E-state index is 13.8. The average molecular weight is 577 g/mol. The largest absolute Gasteiger partial charge is 0.416 e. The third kappa shape index (κ3) is 3.94. The molecule has 5 aromatic rings. The Labute approximate surface area is 234 Å². The number of hydrogen-bond donors (Lipinski definition) is 0. The molecule has 204 valence electrons. The van der Waals surface area contributed by atoms with E-state index in [1.165, 1.54) is 11.3 Å². The van der Waals surface area contributed by atoms with Gasteiger partial charge in [-0.1, -0.05) is 24.3 Å². The third-order valence-electron chi connectivity index (χ3n) is 7.38. The average Bonchev–Trinajstić information content (AvgIpc) is 3.52. The first-order valence-corrected chi connectivity index (χ1v) is 13.4. The van der Waals surface area contributed by atoms with Crippen molar-refractivity contribution in [2.75, 3.05) is 0 Å². The van der Waals surface area contributed by atoms with E-state index < -0.39 is 23.5 Å². The molecule has 3 aromatic heterocycles. The molecule has 7 rings (SSSR count). The molecule has 0 N–H and O–H groups in total. The van der Waals surface area contributed by atoms with Crippen LogP contribution in [0.3, 0.4) is 0 Å². The van der Waals surface area contributed by atoms with Crippen LogP contribution in [-0.4, -0.2) is 9.97 Å². The van der Waals surface area contributed by atoms with Gasteiger partial charge in [-0.15, -0.1) is 11.3 Å². The van der Waals surface area contributed by atoms with Crippen LogP contribution in [0.4, 0.5) is 26.3 Å². The molecule has 2 aromatic carbocycles. The van der Waals surface area contributed by atoms with Crippen LogP contribution in [0.1, 0.15) is 44.5 Å². The Bertz CT molecular complexity index is 1900. The van der Waals surface area contributed by atoms with Crippen molar-refractivity contribution in [3.8, 4) is 22.5 Å². The summed E-state index contributed by atoms with van der Waals surface area (Å²) in [6.07, 6.45) is -5.80. The fourth-order valence-corrected chi connectivity index (χ4v) is 7.31. The molecule has 0 unspecified atom stereocenters. The monoisotopic (exact) mass is 576 g/mol. The summed E-state index contributed by atoms with van der Waals surface area (Å²) in [5, 5.41) is 0. The first-order chi connectivity index (χ1) is 19.4. The van der Waals surface area contributed by atoms with E-state index in [-0.39, 0.29) is 0 Å². The molecule has 9 heteroatoms. The Balaban J connectivity index is 1.62. The van der Waals surface area contributed by atoms with Gasteiger partial charge in [-0.25, -0.2) is 0 Å². The predicted molar refractivity (Wildman–Crippen MR) is 146 cm³/mol. The fraction of sp³-hybridized carbons (Fsp3) is 0.125. The maximum absolute atomic E-state index is 13.8. The van der Waals surface area contributed by atoms with E-state index in [1.807, 2.05) is 12.1 Å². The van der Waals surface area contributed by atoms with E-state index in [1.54, 1.807) is 50.5 Å². The van der Waals surface area contributed by atoms with Gasteiger partial charge in [-0.2, -0.15) is 26.3 Å². The van der Waals surface area contributed by atoms with E-state index in [0.29, 0.717) is 55.9 Å². The molecule has 0 radical (unpaired) electrons. The van der Waals surface area contributed by atoms with Gasteiger partial charge in [0.2, 0.25) is 0 Å². The zero-order valence-electron chi connectivity index (χ0n) is 21.5. The summed E-state index contributed by atoms with van der Waals surface area (Å²) in [7, 11) is 0. The molecule has 0 saturated heterocycles. The standard InChI is InChI=1S/C32H18F6N2S/c1-15-9-17(13-19(11-15)31(33,34)35)23-21-5-3-7-39-27(21)25-26-28-22(6-4-8-40-28)24(30(26)41-29(23)25)18-10-16(2)12-20(14-18)32(36,37)38/h3-14H,1-2H3. The Morgan fingerprint density at radius 1 is 0.585 bits per heavy atom. The Morgan fingerprint density at radius 2 is 1.00 bits per heavy atom.